The van der Waals surface area contributed by atoms with Crippen LogP contribution in [-0.4, -0.2) is 41.3 Å². The van der Waals surface area contributed by atoms with Crippen LogP contribution in [0.5, 0.6) is 5.75 Å². The van der Waals surface area contributed by atoms with Crippen LogP contribution in [0.4, 0.5) is 9.18 Å². The number of carbonyl (C=O) groups is 1. The van der Waals surface area contributed by atoms with Crippen molar-refractivity contribution in [1.29, 1.82) is 0 Å². The number of ether oxygens (including phenoxy) is 1. The number of hydrogen-bond acceptors (Lipinski definition) is 3. The topological polar surface area (TPSA) is 70.2 Å². The van der Waals surface area contributed by atoms with Crippen LogP contribution < -0.4 is 10.1 Å². The molecule has 25 heavy (non-hydrogen) atoms. The molecule has 134 valence electrons. The van der Waals surface area contributed by atoms with Gasteiger partial charge in [-0.2, -0.15) is 5.10 Å². The van der Waals surface area contributed by atoms with Gasteiger partial charge < -0.3 is 15.0 Å². The average molecular weight is 346 g/mol. The number of likely N-dealkylation sites (tertiary alicyclic amines) is 1. The molecule has 0 aliphatic carbocycles. The number of halogens is 1. The first-order chi connectivity index (χ1) is 12.1. The van der Waals surface area contributed by atoms with Gasteiger partial charge in [0.05, 0.1) is 18.7 Å². The van der Waals surface area contributed by atoms with Gasteiger partial charge in [0.1, 0.15) is 11.6 Å². The molecule has 2 aromatic rings. The first-order valence-corrected chi connectivity index (χ1v) is 8.47. The zero-order valence-corrected chi connectivity index (χ0v) is 14.5. The number of piperidine rings is 1. The second kappa shape index (κ2) is 7.55. The third kappa shape index (κ3) is 3.75. The molecule has 1 aliphatic rings. The molecule has 0 unspecified atom stereocenters. The summed E-state index contributed by atoms with van der Waals surface area (Å²) in [7, 11) is 1.49. The predicted octanol–water partition coefficient (Wildman–Crippen LogP) is 3.21. The lowest BCUT2D eigenvalue weighted by Crippen LogP contribution is -2.45. The van der Waals surface area contributed by atoms with E-state index < -0.39 is 6.04 Å². The molecule has 2 atom stereocenters. The molecule has 0 radical (unpaired) electrons. The highest BCUT2D eigenvalue weighted by atomic mass is 19.1. The highest BCUT2D eigenvalue weighted by molar-refractivity contribution is 5.75. The van der Waals surface area contributed by atoms with Crippen molar-refractivity contribution in [1.82, 2.24) is 20.4 Å². The Labute approximate surface area is 146 Å². The quantitative estimate of drug-likeness (QED) is 0.893. The van der Waals surface area contributed by atoms with Crippen LogP contribution in [0.1, 0.15) is 43.0 Å². The van der Waals surface area contributed by atoms with Crippen LogP contribution in [-0.2, 0) is 0 Å². The van der Waals surface area contributed by atoms with Gasteiger partial charge in [0, 0.05) is 30.9 Å². The van der Waals surface area contributed by atoms with Gasteiger partial charge in [0.2, 0.25) is 0 Å². The number of amides is 2. The molecule has 2 heterocycles. The number of nitrogens with zero attached hydrogens (tertiary/aromatic N) is 2. The summed E-state index contributed by atoms with van der Waals surface area (Å²) in [6.45, 7) is 3.07. The summed E-state index contributed by atoms with van der Waals surface area (Å²) in [5.74, 6) is 0.295. The summed E-state index contributed by atoms with van der Waals surface area (Å²) in [6, 6.07) is 5.91. The average Bonchev–Trinajstić information content (AvgIpc) is 3.16. The Hall–Kier alpha value is -2.57. The molecule has 2 N–H and O–H groups in total. The van der Waals surface area contributed by atoms with Crippen molar-refractivity contribution in [3.05, 3.63) is 47.5 Å². The minimum atomic E-state index is -0.490. The van der Waals surface area contributed by atoms with Gasteiger partial charge >= 0.3 is 6.03 Å². The molecular formula is C18H23FN4O2. The van der Waals surface area contributed by atoms with Gasteiger partial charge in [-0.1, -0.05) is 6.07 Å². The highest BCUT2D eigenvalue weighted by Gasteiger charge is 2.27. The van der Waals surface area contributed by atoms with Crippen molar-refractivity contribution in [2.45, 2.75) is 31.7 Å². The summed E-state index contributed by atoms with van der Waals surface area (Å²) < 4.78 is 19.4. The fourth-order valence-corrected chi connectivity index (χ4v) is 3.37. The van der Waals surface area contributed by atoms with E-state index in [4.69, 9.17) is 4.74 Å². The van der Waals surface area contributed by atoms with Gasteiger partial charge in [-0.3, -0.25) is 5.10 Å². The number of aromatic amines is 1. The fourth-order valence-electron chi connectivity index (χ4n) is 3.37. The first kappa shape index (κ1) is 17.3. The number of aromatic nitrogens is 2. The maximum Gasteiger partial charge on any atom is 0.317 e. The number of hydrogen-bond donors (Lipinski definition) is 2. The van der Waals surface area contributed by atoms with Crippen LogP contribution >= 0.6 is 0 Å². The van der Waals surface area contributed by atoms with E-state index in [0.29, 0.717) is 24.4 Å². The van der Waals surface area contributed by atoms with Crippen molar-refractivity contribution in [2.24, 2.45) is 0 Å². The van der Waals surface area contributed by atoms with Crippen molar-refractivity contribution in [3.63, 3.8) is 0 Å². The van der Waals surface area contributed by atoms with Gasteiger partial charge in [0.15, 0.2) is 0 Å². The van der Waals surface area contributed by atoms with Crippen LogP contribution in [0.15, 0.2) is 30.5 Å². The molecule has 7 heteroatoms. The Morgan fingerprint density at radius 3 is 3.04 bits per heavy atom. The molecule has 1 saturated heterocycles. The normalized spacial score (nSPS) is 18.7. The van der Waals surface area contributed by atoms with E-state index in [2.05, 4.69) is 15.5 Å². The zero-order valence-electron chi connectivity index (χ0n) is 14.5. The molecule has 1 fully saturated rings. The Kier molecular flexibility index (Phi) is 5.21. The summed E-state index contributed by atoms with van der Waals surface area (Å²) >= 11 is 0. The predicted molar refractivity (Wildman–Crippen MR) is 92.0 cm³/mol. The van der Waals surface area contributed by atoms with Gasteiger partial charge in [-0.05, 0) is 38.0 Å². The standard InChI is InChI=1S/C18H23FN4O2/c1-12(17-14(19)6-3-7-16(17)25-2)21-18(24)23-10-4-5-13(11-23)15-8-9-20-22-15/h3,6-9,12-13H,4-5,10-11H2,1-2H3,(H,20,22)(H,21,24)/t12-,13+/m1/s1. The van der Waals surface area contributed by atoms with E-state index in [1.165, 1.54) is 13.2 Å². The molecule has 0 spiro atoms. The maximum absolute atomic E-state index is 14.2. The molecule has 3 rings (SSSR count). The van der Waals surface area contributed by atoms with Crippen molar-refractivity contribution in [3.8, 4) is 5.75 Å². The first-order valence-electron chi connectivity index (χ1n) is 8.47. The van der Waals surface area contributed by atoms with Crippen molar-refractivity contribution >= 4 is 6.03 Å². The second-order valence-corrected chi connectivity index (χ2v) is 6.32. The molecule has 1 aromatic heterocycles. The number of nitrogens with one attached hydrogen (secondary N) is 2. The van der Waals surface area contributed by atoms with Crippen LogP contribution in [0.3, 0.4) is 0 Å². The van der Waals surface area contributed by atoms with E-state index >= 15 is 0 Å². The lowest BCUT2D eigenvalue weighted by molar-refractivity contribution is 0.175. The number of rotatable bonds is 4. The maximum atomic E-state index is 14.2. The molecule has 6 nitrogen and oxygen atoms in total. The molecule has 0 bridgehead atoms. The molecule has 2 amide bonds. The van der Waals surface area contributed by atoms with Crippen molar-refractivity contribution in [2.75, 3.05) is 20.2 Å². The molecule has 1 aliphatic heterocycles. The number of benzene rings is 1. The van der Waals surface area contributed by atoms with Gasteiger partial charge in [-0.25, -0.2) is 9.18 Å². The molecule has 1 aromatic carbocycles. The van der Waals surface area contributed by atoms with Crippen molar-refractivity contribution < 1.29 is 13.9 Å². The van der Waals surface area contributed by atoms with Gasteiger partial charge in [0.25, 0.3) is 0 Å². The van der Waals surface area contributed by atoms with E-state index in [1.54, 1.807) is 30.2 Å². The van der Waals surface area contributed by atoms with Crippen LogP contribution in [0.2, 0.25) is 0 Å². The second-order valence-electron chi connectivity index (χ2n) is 6.32. The van der Waals surface area contributed by atoms with Crippen LogP contribution in [0.25, 0.3) is 0 Å². The Balaban J connectivity index is 1.67. The Bertz CT molecular complexity index is 720. The number of methoxy groups -OCH3 is 1. The third-order valence-corrected chi connectivity index (χ3v) is 4.68. The summed E-state index contributed by atoms with van der Waals surface area (Å²) in [5, 5.41) is 9.85. The van der Waals surface area contributed by atoms with E-state index in [-0.39, 0.29) is 17.8 Å². The number of urea groups is 1. The third-order valence-electron chi connectivity index (χ3n) is 4.68. The number of H-pyrrole nitrogens is 1. The summed E-state index contributed by atoms with van der Waals surface area (Å²) in [6.07, 6.45) is 3.66. The van der Waals surface area contributed by atoms with E-state index in [1.807, 2.05) is 6.07 Å². The highest BCUT2D eigenvalue weighted by Crippen LogP contribution is 2.29. The lowest BCUT2D eigenvalue weighted by Gasteiger charge is -2.33. The minimum absolute atomic E-state index is 0.193. The summed E-state index contributed by atoms with van der Waals surface area (Å²) in [4.78, 5) is 14.4. The SMILES string of the molecule is COc1cccc(F)c1[C@@H](C)NC(=O)N1CCC[C@H](c2ccn[nH]2)C1. The molecule has 0 saturated carbocycles. The lowest BCUT2D eigenvalue weighted by atomic mass is 9.95. The molecular weight excluding hydrogens is 323 g/mol. The zero-order chi connectivity index (χ0) is 17.8. The van der Waals surface area contributed by atoms with E-state index in [9.17, 15) is 9.18 Å². The smallest absolute Gasteiger partial charge is 0.317 e. The fraction of sp³-hybridized carbons (Fsp3) is 0.444. The van der Waals surface area contributed by atoms with Crippen LogP contribution in [0, 0.1) is 5.82 Å². The van der Waals surface area contributed by atoms with Gasteiger partial charge in [-0.15, -0.1) is 0 Å². The monoisotopic (exact) mass is 346 g/mol. The Morgan fingerprint density at radius 1 is 1.48 bits per heavy atom. The minimum Gasteiger partial charge on any atom is -0.496 e. The number of carbonyl (C=O) groups excluding carboxylic acids is 1. The van der Waals surface area contributed by atoms with E-state index in [0.717, 1.165) is 18.5 Å². The Morgan fingerprint density at radius 2 is 2.32 bits per heavy atom. The largest absolute Gasteiger partial charge is 0.496 e. The summed E-state index contributed by atoms with van der Waals surface area (Å²) in [5.41, 5.74) is 1.40.